The van der Waals surface area contributed by atoms with Gasteiger partial charge in [0, 0.05) is 16.4 Å². The molecule has 2 rings (SSSR count). The van der Waals surface area contributed by atoms with E-state index in [0.29, 0.717) is 0 Å². The van der Waals surface area contributed by atoms with Crippen LogP contribution in [0.15, 0.2) is 22.7 Å². The Morgan fingerprint density at radius 3 is 2.69 bits per heavy atom. The molecule has 0 saturated carbocycles. The molecule has 2 aromatic rings. The monoisotopic (exact) mass is 278 g/mol. The minimum atomic E-state index is 0.895. The lowest BCUT2D eigenvalue weighted by molar-refractivity contribution is 1.15. The van der Waals surface area contributed by atoms with E-state index >= 15 is 0 Å². The van der Waals surface area contributed by atoms with E-state index in [0.717, 1.165) is 22.4 Å². The Morgan fingerprint density at radius 2 is 2.00 bits per heavy atom. The summed E-state index contributed by atoms with van der Waals surface area (Å²) in [6, 6.07) is 6.34. The van der Waals surface area contributed by atoms with Crippen molar-refractivity contribution < 1.29 is 0 Å². The minimum Gasteiger partial charge on any atom is -0.370 e. The summed E-state index contributed by atoms with van der Waals surface area (Å²) < 4.78 is 1.10. The molecule has 1 N–H and O–H groups in total. The first-order valence-electron chi connectivity index (χ1n) is 5.43. The van der Waals surface area contributed by atoms with Gasteiger partial charge in [-0.2, -0.15) is 0 Å². The van der Waals surface area contributed by atoms with Gasteiger partial charge in [0.2, 0.25) is 0 Å². The highest BCUT2D eigenvalue weighted by atomic mass is 79.9. The molecule has 0 spiro atoms. The van der Waals surface area contributed by atoms with E-state index in [9.17, 15) is 0 Å². The van der Waals surface area contributed by atoms with Crippen molar-refractivity contribution in [3.8, 4) is 0 Å². The fourth-order valence-electron chi connectivity index (χ4n) is 1.81. The zero-order valence-corrected chi connectivity index (χ0v) is 11.4. The quantitative estimate of drug-likeness (QED) is 0.897. The van der Waals surface area contributed by atoms with Gasteiger partial charge >= 0.3 is 0 Å². The van der Waals surface area contributed by atoms with Crippen LogP contribution in [0, 0.1) is 13.8 Å². The SMILES string of the molecule is CCNc1nc2c(C)ccc(Br)c2cc1C. The molecule has 0 aliphatic carbocycles. The molecule has 1 aromatic heterocycles. The Morgan fingerprint density at radius 1 is 1.25 bits per heavy atom. The number of hydrogen-bond donors (Lipinski definition) is 1. The molecule has 84 valence electrons. The molecule has 0 aliphatic heterocycles. The maximum Gasteiger partial charge on any atom is 0.129 e. The van der Waals surface area contributed by atoms with Gasteiger partial charge in [0.05, 0.1) is 5.52 Å². The largest absolute Gasteiger partial charge is 0.370 e. The number of aromatic nitrogens is 1. The zero-order valence-electron chi connectivity index (χ0n) is 9.76. The molecule has 1 heterocycles. The third-order valence-electron chi connectivity index (χ3n) is 2.67. The van der Waals surface area contributed by atoms with Gasteiger partial charge in [-0.3, -0.25) is 0 Å². The topological polar surface area (TPSA) is 24.9 Å². The second-order valence-corrected chi connectivity index (χ2v) is 4.80. The van der Waals surface area contributed by atoms with Gasteiger partial charge in [-0.25, -0.2) is 4.98 Å². The number of nitrogens with one attached hydrogen (secondary N) is 1. The van der Waals surface area contributed by atoms with Crippen molar-refractivity contribution in [3.63, 3.8) is 0 Å². The number of benzene rings is 1. The van der Waals surface area contributed by atoms with Gasteiger partial charge in [0.1, 0.15) is 5.82 Å². The van der Waals surface area contributed by atoms with Crippen molar-refractivity contribution in [1.82, 2.24) is 4.98 Å². The molecule has 1 aromatic carbocycles. The molecule has 0 unspecified atom stereocenters. The Kier molecular flexibility index (Phi) is 3.15. The lowest BCUT2D eigenvalue weighted by atomic mass is 10.1. The van der Waals surface area contributed by atoms with Crippen LogP contribution in [-0.2, 0) is 0 Å². The van der Waals surface area contributed by atoms with E-state index in [1.807, 2.05) is 0 Å². The zero-order chi connectivity index (χ0) is 11.7. The van der Waals surface area contributed by atoms with E-state index in [-0.39, 0.29) is 0 Å². The predicted octanol–water partition coefficient (Wildman–Crippen LogP) is 4.05. The van der Waals surface area contributed by atoms with Crippen molar-refractivity contribution in [3.05, 3.63) is 33.8 Å². The Bertz CT molecular complexity index is 535. The minimum absolute atomic E-state index is 0.895. The molecular weight excluding hydrogens is 264 g/mol. The van der Waals surface area contributed by atoms with Crippen LogP contribution in [0.3, 0.4) is 0 Å². The van der Waals surface area contributed by atoms with Gasteiger partial charge < -0.3 is 5.32 Å². The average molecular weight is 279 g/mol. The van der Waals surface area contributed by atoms with Gasteiger partial charge in [0.25, 0.3) is 0 Å². The Hall–Kier alpha value is -1.09. The highest BCUT2D eigenvalue weighted by Crippen LogP contribution is 2.28. The standard InChI is InChI=1S/C13H15BrN2/c1-4-15-13-9(3)7-10-11(14)6-5-8(2)12(10)16-13/h5-7H,4H2,1-3H3,(H,15,16). The van der Waals surface area contributed by atoms with Gasteiger partial charge in [-0.1, -0.05) is 22.0 Å². The second kappa shape index (κ2) is 4.42. The number of rotatable bonds is 2. The molecule has 0 fully saturated rings. The van der Waals surface area contributed by atoms with Gasteiger partial charge in [-0.05, 0) is 44.0 Å². The van der Waals surface area contributed by atoms with E-state index in [2.05, 4.69) is 65.2 Å². The number of halogens is 1. The first-order valence-corrected chi connectivity index (χ1v) is 6.23. The van der Waals surface area contributed by atoms with Crippen molar-refractivity contribution in [1.29, 1.82) is 0 Å². The highest BCUT2D eigenvalue weighted by Gasteiger charge is 2.07. The van der Waals surface area contributed by atoms with Gasteiger partial charge in [0.15, 0.2) is 0 Å². The molecular formula is C13H15BrN2. The summed E-state index contributed by atoms with van der Waals surface area (Å²) in [6.07, 6.45) is 0. The van der Waals surface area contributed by atoms with E-state index in [1.54, 1.807) is 0 Å². The van der Waals surface area contributed by atoms with E-state index in [4.69, 9.17) is 0 Å². The number of fused-ring (bicyclic) bond motifs is 1. The molecule has 0 aliphatic rings. The van der Waals surface area contributed by atoms with Crippen LogP contribution in [0.2, 0.25) is 0 Å². The molecule has 2 nitrogen and oxygen atoms in total. The van der Waals surface area contributed by atoms with E-state index < -0.39 is 0 Å². The summed E-state index contributed by atoms with van der Waals surface area (Å²) in [5, 5.41) is 4.47. The maximum atomic E-state index is 4.68. The first-order chi connectivity index (χ1) is 7.63. The van der Waals surface area contributed by atoms with Crippen LogP contribution in [0.4, 0.5) is 5.82 Å². The van der Waals surface area contributed by atoms with Crippen molar-refractivity contribution in [2.75, 3.05) is 11.9 Å². The van der Waals surface area contributed by atoms with Crippen LogP contribution in [0.5, 0.6) is 0 Å². The fourth-order valence-corrected chi connectivity index (χ4v) is 2.24. The van der Waals surface area contributed by atoms with Crippen molar-refractivity contribution >= 4 is 32.7 Å². The van der Waals surface area contributed by atoms with Crippen LogP contribution in [0.25, 0.3) is 10.9 Å². The van der Waals surface area contributed by atoms with Crippen LogP contribution in [0.1, 0.15) is 18.1 Å². The van der Waals surface area contributed by atoms with Crippen molar-refractivity contribution in [2.45, 2.75) is 20.8 Å². The molecule has 16 heavy (non-hydrogen) atoms. The molecule has 0 atom stereocenters. The molecule has 3 heteroatoms. The number of hydrogen-bond acceptors (Lipinski definition) is 2. The average Bonchev–Trinajstić information content (AvgIpc) is 2.26. The summed E-state index contributed by atoms with van der Waals surface area (Å²) in [6.45, 7) is 7.15. The number of nitrogens with zero attached hydrogens (tertiary/aromatic N) is 1. The molecule has 0 saturated heterocycles. The number of pyridine rings is 1. The Balaban J connectivity index is 2.73. The van der Waals surface area contributed by atoms with E-state index in [1.165, 1.54) is 16.5 Å². The lowest BCUT2D eigenvalue weighted by Crippen LogP contribution is -2.02. The van der Waals surface area contributed by atoms with Crippen molar-refractivity contribution in [2.24, 2.45) is 0 Å². The summed E-state index contributed by atoms with van der Waals surface area (Å²) in [7, 11) is 0. The third kappa shape index (κ3) is 1.92. The van der Waals surface area contributed by atoms with Gasteiger partial charge in [-0.15, -0.1) is 0 Å². The maximum absolute atomic E-state index is 4.68. The molecule has 0 amide bonds. The summed E-state index contributed by atoms with van der Waals surface area (Å²) in [5.41, 5.74) is 3.45. The summed E-state index contributed by atoms with van der Waals surface area (Å²) in [4.78, 5) is 4.68. The van der Waals surface area contributed by atoms with Crippen LogP contribution >= 0.6 is 15.9 Å². The molecule has 0 bridgehead atoms. The Labute approximate surface area is 104 Å². The summed E-state index contributed by atoms with van der Waals surface area (Å²) >= 11 is 3.57. The second-order valence-electron chi connectivity index (χ2n) is 3.94. The highest BCUT2D eigenvalue weighted by molar-refractivity contribution is 9.10. The normalized spacial score (nSPS) is 10.8. The van der Waals surface area contributed by atoms with Crippen LogP contribution < -0.4 is 5.32 Å². The number of aryl methyl sites for hydroxylation is 2. The smallest absolute Gasteiger partial charge is 0.129 e. The number of anilines is 1. The molecule has 0 radical (unpaired) electrons. The fraction of sp³-hybridized carbons (Fsp3) is 0.308. The third-order valence-corrected chi connectivity index (χ3v) is 3.36. The lowest BCUT2D eigenvalue weighted by Gasteiger charge is -2.10. The predicted molar refractivity (Wildman–Crippen MR) is 73.1 cm³/mol. The summed E-state index contributed by atoms with van der Waals surface area (Å²) in [5.74, 6) is 0.983. The first kappa shape index (κ1) is 11.4. The van der Waals surface area contributed by atoms with Crippen LogP contribution in [-0.4, -0.2) is 11.5 Å².